The van der Waals surface area contributed by atoms with Crippen LogP contribution in [0.5, 0.6) is 5.75 Å². The van der Waals surface area contributed by atoms with Gasteiger partial charge in [-0.1, -0.05) is 13.3 Å². The maximum Gasteiger partial charge on any atom is 1.00 e. The number of rotatable bonds is 2. The summed E-state index contributed by atoms with van der Waals surface area (Å²) in [5, 5.41) is 23.5. The minimum Gasteiger partial charge on any atom is -0.549 e. The number of nitrogens with zero attached hydrogens (tertiary/aromatic N) is 1. The molecule has 2 aromatic rings. The molecule has 1 saturated carbocycles. The molecular weight excluding hydrogens is 323 g/mol. The molecule has 2 saturated heterocycles. The van der Waals surface area contributed by atoms with Gasteiger partial charge in [0.1, 0.15) is 5.75 Å². The van der Waals surface area contributed by atoms with E-state index in [4.69, 9.17) is 0 Å². The van der Waals surface area contributed by atoms with Crippen LogP contribution < -0.4 is 24.0 Å². The van der Waals surface area contributed by atoms with Gasteiger partial charge in [-0.05, 0) is 54.9 Å². The fraction of sp³-hybridized carbons (Fsp3) is 0.550. The number of fused-ring (bicyclic) bond motifs is 4. The number of aromatic amines is 1. The van der Waals surface area contributed by atoms with E-state index in [-0.39, 0.29) is 30.7 Å². The Morgan fingerprint density at radius 1 is 1.46 bits per heavy atom. The second-order valence-electron chi connectivity index (χ2n) is 8.13. The largest absolute Gasteiger partial charge is 1.00 e. The molecular formula is C20H23LiN2O3. The van der Waals surface area contributed by atoms with Crippen molar-refractivity contribution in [2.45, 2.75) is 44.1 Å². The maximum atomic E-state index is 12.6. The molecule has 4 heterocycles. The van der Waals surface area contributed by atoms with Crippen molar-refractivity contribution in [1.82, 2.24) is 9.88 Å². The van der Waals surface area contributed by atoms with Crippen molar-refractivity contribution in [3.63, 3.8) is 0 Å². The summed E-state index contributed by atoms with van der Waals surface area (Å²) >= 11 is 0. The zero-order chi connectivity index (χ0) is 17.3. The SMILES string of the molecule is CC[C@H]1CC2CN3CCc4c([nH]c5ccc(O)cc45)[C@@](C(=O)[O-])(C2)C13.[Li+]. The Kier molecular flexibility index (Phi) is 4.18. The summed E-state index contributed by atoms with van der Waals surface area (Å²) in [6.07, 6.45) is 3.61. The number of aromatic hydroxyl groups is 1. The number of hydrogen-bond acceptors (Lipinski definition) is 4. The molecule has 3 fully saturated rings. The van der Waals surface area contributed by atoms with Gasteiger partial charge in [0, 0.05) is 35.7 Å². The van der Waals surface area contributed by atoms with Gasteiger partial charge < -0.3 is 20.0 Å². The normalized spacial score (nSPS) is 34.8. The van der Waals surface area contributed by atoms with Gasteiger partial charge in [-0.25, -0.2) is 0 Å². The number of H-pyrrole nitrogens is 1. The summed E-state index contributed by atoms with van der Waals surface area (Å²) in [5.41, 5.74) is 1.84. The Bertz CT molecular complexity index is 879. The third-order valence-corrected chi connectivity index (χ3v) is 6.96. The molecule has 132 valence electrons. The summed E-state index contributed by atoms with van der Waals surface area (Å²) in [5.74, 6) is 0.0938. The van der Waals surface area contributed by atoms with E-state index < -0.39 is 11.4 Å². The molecule has 5 nitrogen and oxygen atoms in total. The second kappa shape index (κ2) is 6.05. The Morgan fingerprint density at radius 2 is 2.27 bits per heavy atom. The summed E-state index contributed by atoms with van der Waals surface area (Å²) in [6.45, 7) is 4.05. The van der Waals surface area contributed by atoms with Gasteiger partial charge in [-0.3, -0.25) is 4.90 Å². The van der Waals surface area contributed by atoms with Crippen molar-refractivity contribution >= 4 is 16.9 Å². The quantitative estimate of drug-likeness (QED) is 0.652. The van der Waals surface area contributed by atoms with Crippen molar-refractivity contribution in [3.05, 3.63) is 29.5 Å². The van der Waals surface area contributed by atoms with Crippen LogP contribution in [0.4, 0.5) is 0 Å². The molecule has 1 aliphatic carbocycles. The van der Waals surface area contributed by atoms with Gasteiger partial charge >= 0.3 is 18.9 Å². The van der Waals surface area contributed by atoms with E-state index in [1.165, 1.54) is 0 Å². The van der Waals surface area contributed by atoms with Crippen molar-refractivity contribution in [3.8, 4) is 5.75 Å². The van der Waals surface area contributed by atoms with Crippen LogP contribution in [0.2, 0.25) is 0 Å². The van der Waals surface area contributed by atoms with Crippen molar-refractivity contribution in [2.75, 3.05) is 13.1 Å². The molecule has 3 unspecified atom stereocenters. The number of piperidine rings is 2. The molecule has 4 bridgehead atoms. The van der Waals surface area contributed by atoms with Crippen molar-refractivity contribution in [1.29, 1.82) is 0 Å². The van der Waals surface area contributed by atoms with Crippen LogP contribution in [-0.2, 0) is 16.6 Å². The molecule has 1 aromatic heterocycles. The number of carbonyl (C=O) groups is 1. The number of benzene rings is 1. The number of aliphatic carboxylic acids is 1. The van der Waals surface area contributed by atoms with E-state index in [1.807, 2.05) is 6.07 Å². The first-order valence-electron chi connectivity index (χ1n) is 9.34. The third kappa shape index (κ3) is 2.17. The molecule has 1 aromatic carbocycles. The fourth-order valence-corrected chi connectivity index (χ4v) is 6.12. The molecule has 0 spiro atoms. The fourth-order valence-electron chi connectivity index (χ4n) is 6.12. The smallest absolute Gasteiger partial charge is 0.549 e. The first-order valence-corrected chi connectivity index (χ1v) is 9.34. The van der Waals surface area contributed by atoms with E-state index in [2.05, 4.69) is 16.8 Å². The van der Waals surface area contributed by atoms with Crippen LogP contribution in [0.15, 0.2) is 18.2 Å². The van der Waals surface area contributed by atoms with E-state index >= 15 is 0 Å². The average Bonchev–Trinajstić information content (AvgIpc) is 2.92. The van der Waals surface area contributed by atoms with Gasteiger partial charge in [0.05, 0.1) is 11.4 Å². The number of carbonyl (C=O) groups excluding carboxylic acids is 1. The zero-order valence-corrected chi connectivity index (χ0v) is 15.4. The number of aromatic nitrogens is 1. The maximum absolute atomic E-state index is 12.6. The molecule has 3 aliphatic heterocycles. The summed E-state index contributed by atoms with van der Waals surface area (Å²) in [4.78, 5) is 18.4. The molecule has 6 rings (SSSR count). The van der Waals surface area contributed by atoms with Gasteiger partial charge in [0.2, 0.25) is 0 Å². The Labute approximate surface area is 164 Å². The van der Waals surface area contributed by atoms with E-state index in [1.54, 1.807) is 12.1 Å². The Balaban J connectivity index is 0.00000168. The molecule has 26 heavy (non-hydrogen) atoms. The van der Waals surface area contributed by atoms with E-state index in [9.17, 15) is 15.0 Å². The van der Waals surface area contributed by atoms with Crippen LogP contribution in [0.3, 0.4) is 0 Å². The summed E-state index contributed by atoms with van der Waals surface area (Å²) in [7, 11) is 0. The van der Waals surface area contributed by atoms with E-state index in [0.29, 0.717) is 18.3 Å². The van der Waals surface area contributed by atoms with Gasteiger partial charge in [0.15, 0.2) is 0 Å². The van der Waals surface area contributed by atoms with Crippen LogP contribution in [0, 0.1) is 11.8 Å². The number of nitrogens with one attached hydrogen (secondary N) is 1. The zero-order valence-electron chi connectivity index (χ0n) is 15.4. The van der Waals surface area contributed by atoms with Gasteiger partial charge in [0.25, 0.3) is 0 Å². The molecule has 0 radical (unpaired) electrons. The monoisotopic (exact) mass is 346 g/mol. The third-order valence-electron chi connectivity index (χ3n) is 6.96. The van der Waals surface area contributed by atoms with E-state index in [0.717, 1.165) is 54.5 Å². The number of phenolic OH excluding ortho intramolecular Hbond substituents is 1. The Hall–Kier alpha value is -1.41. The molecule has 2 N–H and O–H groups in total. The molecule has 4 aliphatic rings. The predicted octanol–water partition coefficient (Wildman–Crippen LogP) is -1.46. The first-order chi connectivity index (χ1) is 12.0. The number of carboxylic acid groups (broad SMARTS) is 1. The molecule has 5 atom stereocenters. The average molecular weight is 346 g/mol. The number of carboxylic acids is 1. The van der Waals surface area contributed by atoms with Crippen LogP contribution in [0.25, 0.3) is 10.9 Å². The van der Waals surface area contributed by atoms with Crippen molar-refractivity contribution < 1.29 is 33.9 Å². The predicted molar refractivity (Wildman–Crippen MR) is 92.2 cm³/mol. The number of hydrogen-bond donors (Lipinski definition) is 2. The van der Waals surface area contributed by atoms with Crippen molar-refractivity contribution in [2.24, 2.45) is 11.8 Å². The molecule has 0 amide bonds. The first kappa shape index (κ1) is 18.0. The second-order valence-corrected chi connectivity index (χ2v) is 8.13. The summed E-state index contributed by atoms with van der Waals surface area (Å²) in [6, 6.07) is 5.26. The minimum atomic E-state index is -0.956. The minimum absolute atomic E-state index is 0. The summed E-state index contributed by atoms with van der Waals surface area (Å²) < 4.78 is 0. The number of phenols is 1. The standard InChI is InChI=1S/C20H24N2O3.Li/c1-2-12-7-11-9-20(19(24)25)17-14(5-6-22(10-11)18(12)20)15-8-13(23)3-4-16(15)21-17;/h3-4,8,11-12,18,21,23H,2,5-7,9-10H2,1H3,(H,24,25);/q;+1/p-1/t11?,12-,18?,20-;/m0./s1. The molecule has 6 heteroatoms. The van der Waals surface area contributed by atoms with Gasteiger partial charge in [-0.15, -0.1) is 0 Å². The Morgan fingerprint density at radius 3 is 3.00 bits per heavy atom. The van der Waals surface area contributed by atoms with Crippen LogP contribution >= 0.6 is 0 Å². The van der Waals surface area contributed by atoms with Crippen LogP contribution in [-0.4, -0.2) is 40.1 Å². The van der Waals surface area contributed by atoms with Gasteiger partial charge in [-0.2, -0.15) is 0 Å². The topological polar surface area (TPSA) is 79.4 Å². The van der Waals surface area contributed by atoms with Crippen LogP contribution in [0.1, 0.15) is 37.4 Å².